The Bertz CT molecular complexity index is 941. The van der Waals surface area contributed by atoms with Crippen LogP contribution in [0.15, 0.2) is 78.9 Å². The highest BCUT2D eigenvalue weighted by molar-refractivity contribution is 5.44. The van der Waals surface area contributed by atoms with Crippen LogP contribution in [0.4, 0.5) is 0 Å². The summed E-state index contributed by atoms with van der Waals surface area (Å²) in [5.41, 5.74) is 3.40. The van der Waals surface area contributed by atoms with Gasteiger partial charge in [-0.3, -0.25) is 0 Å². The van der Waals surface area contributed by atoms with E-state index in [1.165, 1.54) is 37.7 Å². The molecule has 0 bridgehead atoms. The highest BCUT2D eigenvalue weighted by atomic mass is 16.7. The molecule has 0 amide bonds. The summed E-state index contributed by atoms with van der Waals surface area (Å²) in [6, 6.07) is 26.2. The molecule has 0 atom stereocenters. The third-order valence-corrected chi connectivity index (χ3v) is 5.39. The van der Waals surface area contributed by atoms with Crippen LogP contribution in [0.25, 0.3) is 0 Å². The quantitative estimate of drug-likeness (QED) is 0.368. The van der Waals surface area contributed by atoms with E-state index in [0.717, 1.165) is 28.5 Å². The molecule has 3 aromatic rings. The summed E-state index contributed by atoms with van der Waals surface area (Å²) in [5.74, 6) is 8.66. The Morgan fingerprint density at radius 1 is 0.621 bits per heavy atom. The fraction of sp³-hybridized carbons (Fsp3) is 0.259. The van der Waals surface area contributed by atoms with Gasteiger partial charge in [-0.1, -0.05) is 61.4 Å². The maximum Gasteiger partial charge on any atom is 0.230 e. The van der Waals surface area contributed by atoms with Gasteiger partial charge in [-0.2, -0.15) is 0 Å². The van der Waals surface area contributed by atoms with Gasteiger partial charge in [0.25, 0.3) is 0 Å². The topological polar surface area (TPSA) is 18.5 Å². The van der Waals surface area contributed by atoms with Crippen LogP contribution in [-0.2, 0) is 0 Å². The summed E-state index contributed by atoms with van der Waals surface area (Å²) in [6.07, 6.45) is 6.72. The minimum Gasteiger partial charge on any atom is -0.458 e. The van der Waals surface area contributed by atoms with E-state index in [4.69, 9.17) is 9.47 Å². The van der Waals surface area contributed by atoms with Crippen LogP contribution < -0.4 is 9.47 Å². The minimum absolute atomic E-state index is 0.192. The van der Waals surface area contributed by atoms with E-state index in [0.29, 0.717) is 0 Å². The standard InChI is InChI=1S/C27H26O2/c1-3-7-22(8-4-1)11-12-23-13-17-26(18-14-23)28-21-29-27-19-15-25(16-20-27)24-9-5-2-6-10-24/h1,3-4,7-8,13-20,24H,2,5-6,9-10,21H2. The molecule has 1 fully saturated rings. The largest absolute Gasteiger partial charge is 0.458 e. The molecule has 0 aliphatic heterocycles. The fourth-order valence-electron chi connectivity index (χ4n) is 3.74. The van der Waals surface area contributed by atoms with Crippen LogP contribution >= 0.6 is 0 Å². The number of rotatable bonds is 5. The van der Waals surface area contributed by atoms with Gasteiger partial charge in [-0.15, -0.1) is 0 Å². The van der Waals surface area contributed by atoms with E-state index < -0.39 is 0 Å². The van der Waals surface area contributed by atoms with E-state index in [9.17, 15) is 0 Å². The average Bonchev–Trinajstić information content (AvgIpc) is 2.80. The normalized spacial score (nSPS) is 13.9. The van der Waals surface area contributed by atoms with Crippen molar-refractivity contribution < 1.29 is 9.47 Å². The van der Waals surface area contributed by atoms with Crippen molar-refractivity contribution in [3.63, 3.8) is 0 Å². The van der Waals surface area contributed by atoms with E-state index in [1.54, 1.807) is 0 Å². The van der Waals surface area contributed by atoms with Crippen LogP contribution in [0.3, 0.4) is 0 Å². The number of hydrogen-bond acceptors (Lipinski definition) is 2. The van der Waals surface area contributed by atoms with Gasteiger partial charge in [0.1, 0.15) is 11.5 Å². The van der Waals surface area contributed by atoms with Gasteiger partial charge in [0.15, 0.2) is 0 Å². The van der Waals surface area contributed by atoms with Crippen molar-refractivity contribution >= 4 is 0 Å². The van der Waals surface area contributed by atoms with Gasteiger partial charge in [0.05, 0.1) is 0 Å². The predicted molar refractivity (Wildman–Crippen MR) is 117 cm³/mol. The summed E-state index contributed by atoms with van der Waals surface area (Å²) in [7, 11) is 0. The third-order valence-electron chi connectivity index (χ3n) is 5.39. The van der Waals surface area contributed by atoms with Crippen molar-refractivity contribution in [1.82, 2.24) is 0 Å². The molecule has 0 radical (unpaired) electrons. The molecule has 0 N–H and O–H groups in total. The molecular weight excluding hydrogens is 356 g/mol. The van der Waals surface area contributed by atoms with Gasteiger partial charge in [0, 0.05) is 11.1 Å². The summed E-state index contributed by atoms with van der Waals surface area (Å²) < 4.78 is 11.4. The zero-order valence-electron chi connectivity index (χ0n) is 16.6. The van der Waals surface area contributed by atoms with Crippen LogP contribution in [0.2, 0.25) is 0 Å². The summed E-state index contributed by atoms with van der Waals surface area (Å²) in [4.78, 5) is 0. The van der Waals surface area contributed by atoms with Gasteiger partial charge >= 0.3 is 0 Å². The van der Waals surface area contributed by atoms with Crippen LogP contribution in [0, 0.1) is 11.8 Å². The zero-order valence-corrected chi connectivity index (χ0v) is 16.6. The first-order valence-electron chi connectivity index (χ1n) is 10.4. The Hall–Kier alpha value is -3.18. The lowest BCUT2D eigenvalue weighted by Crippen LogP contribution is -2.06. The Kier molecular flexibility index (Phi) is 6.50. The number of hydrogen-bond donors (Lipinski definition) is 0. The molecule has 0 saturated heterocycles. The Morgan fingerprint density at radius 2 is 1.17 bits per heavy atom. The lowest BCUT2D eigenvalue weighted by Gasteiger charge is -2.22. The summed E-state index contributed by atoms with van der Waals surface area (Å²) in [6.45, 7) is 0.192. The van der Waals surface area contributed by atoms with Crippen LogP contribution in [-0.4, -0.2) is 6.79 Å². The molecule has 2 nitrogen and oxygen atoms in total. The van der Waals surface area contributed by atoms with E-state index in [-0.39, 0.29) is 6.79 Å². The Labute approximate surface area is 173 Å². The molecular formula is C27H26O2. The Morgan fingerprint density at radius 3 is 1.79 bits per heavy atom. The van der Waals surface area contributed by atoms with Crippen molar-refractivity contribution in [1.29, 1.82) is 0 Å². The molecule has 1 aliphatic rings. The minimum atomic E-state index is 0.192. The molecule has 1 aliphatic carbocycles. The number of ether oxygens (including phenoxy) is 2. The van der Waals surface area contributed by atoms with E-state index >= 15 is 0 Å². The lowest BCUT2D eigenvalue weighted by atomic mass is 9.84. The van der Waals surface area contributed by atoms with Crippen LogP contribution in [0.5, 0.6) is 11.5 Å². The first kappa shape index (κ1) is 19.2. The van der Waals surface area contributed by atoms with E-state index in [1.807, 2.05) is 54.6 Å². The first-order chi connectivity index (χ1) is 14.4. The SMILES string of the molecule is C(#Cc1ccc(OCOc2ccc(C3CCCCC3)cc2)cc1)c1ccccc1. The molecule has 29 heavy (non-hydrogen) atoms. The van der Waals surface area contributed by atoms with Gasteiger partial charge in [-0.25, -0.2) is 0 Å². The zero-order chi connectivity index (χ0) is 19.7. The van der Waals surface area contributed by atoms with Crippen molar-refractivity contribution in [2.75, 3.05) is 6.79 Å². The van der Waals surface area contributed by atoms with Crippen molar-refractivity contribution in [2.24, 2.45) is 0 Å². The van der Waals surface area contributed by atoms with Crippen molar-refractivity contribution in [2.45, 2.75) is 38.0 Å². The molecule has 0 heterocycles. The second-order valence-electron chi connectivity index (χ2n) is 7.45. The number of benzene rings is 3. The predicted octanol–water partition coefficient (Wildman–Crippen LogP) is 6.55. The molecule has 0 aromatic heterocycles. The molecule has 0 spiro atoms. The second kappa shape index (κ2) is 9.85. The van der Waals surface area contributed by atoms with E-state index in [2.05, 4.69) is 36.1 Å². The second-order valence-corrected chi connectivity index (χ2v) is 7.45. The van der Waals surface area contributed by atoms with Crippen LogP contribution in [0.1, 0.15) is 54.7 Å². The smallest absolute Gasteiger partial charge is 0.230 e. The molecule has 146 valence electrons. The lowest BCUT2D eigenvalue weighted by molar-refractivity contribution is 0.120. The Balaban J connectivity index is 1.26. The van der Waals surface area contributed by atoms with Crippen molar-refractivity contribution in [3.05, 3.63) is 95.6 Å². The molecule has 0 unspecified atom stereocenters. The molecule has 2 heteroatoms. The van der Waals surface area contributed by atoms with Gasteiger partial charge in [0.2, 0.25) is 6.79 Å². The maximum atomic E-state index is 5.74. The average molecular weight is 383 g/mol. The molecule has 3 aromatic carbocycles. The maximum absolute atomic E-state index is 5.74. The highest BCUT2D eigenvalue weighted by Crippen LogP contribution is 2.33. The van der Waals surface area contributed by atoms with Crippen molar-refractivity contribution in [3.8, 4) is 23.3 Å². The summed E-state index contributed by atoms with van der Waals surface area (Å²) in [5, 5.41) is 0. The fourth-order valence-corrected chi connectivity index (χ4v) is 3.74. The summed E-state index contributed by atoms with van der Waals surface area (Å²) >= 11 is 0. The highest BCUT2D eigenvalue weighted by Gasteiger charge is 2.15. The monoisotopic (exact) mass is 382 g/mol. The molecule has 1 saturated carbocycles. The first-order valence-corrected chi connectivity index (χ1v) is 10.4. The third kappa shape index (κ3) is 5.65. The molecule has 4 rings (SSSR count). The van der Waals surface area contributed by atoms with Gasteiger partial charge in [-0.05, 0) is 72.9 Å². The van der Waals surface area contributed by atoms with Gasteiger partial charge < -0.3 is 9.47 Å².